The Morgan fingerprint density at radius 1 is 0.920 bits per heavy atom. The zero-order valence-electron chi connectivity index (χ0n) is 13.8. The van der Waals surface area contributed by atoms with Gasteiger partial charge in [-0.3, -0.25) is 0 Å². The Kier molecular flexibility index (Phi) is 5.98. The van der Waals surface area contributed by atoms with E-state index in [-0.39, 0.29) is 0 Å². The van der Waals surface area contributed by atoms with Crippen molar-refractivity contribution < 1.29 is 4.74 Å². The molecule has 0 unspecified atom stereocenters. The Morgan fingerprint density at radius 2 is 1.68 bits per heavy atom. The molecular formula is C21H19Cl2NO. The first kappa shape index (κ1) is 17.8. The molecule has 0 radical (unpaired) electrons. The van der Waals surface area contributed by atoms with Gasteiger partial charge in [-0.2, -0.15) is 0 Å². The minimum Gasteiger partial charge on any atom is -0.488 e. The van der Waals surface area contributed by atoms with Crippen molar-refractivity contribution in [3.8, 4) is 5.75 Å². The molecule has 0 aromatic heterocycles. The van der Waals surface area contributed by atoms with Gasteiger partial charge in [0, 0.05) is 34.3 Å². The zero-order valence-corrected chi connectivity index (χ0v) is 15.3. The molecule has 0 heterocycles. The zero-order chi connectivity index (χ0) is 17.6. The number of halogens is 2. The van der Waals surface area contributed by atoms with Crippen molar-refractivity contribution in [1.82, 2.24) is 5.32 Å². The fourth-order valence-electron chi connectivity index (χ4n) is 2.75. The predicted octanol–water partition coefficient (Wildman–Crippen LogP) is 6.00. The second kappa shape index (κ2) is 8.39. The molecule has 2 nitrogen and oxygen atoms in total. The summed E-state index contributed by atoms with van der Waals surface area (Å²) in [6, 6.07) is 17.8. The van der Waals surface area contributed by atoms with Gasteiger partial charge in [0.25, 0.3) is 0 Å². The molecule has 25 heavy (non-hydrogen) atoms. The van der Waals surface area contributed by atoms with Crippen molar-refractivity contribution >= 4 is 34.0 Å². The summed E-state index contributed by atoms with van der Waals surface area (Å²) < 4.78 is 6.09. The van der Waals surface area contributed by atoms with Crippen LogP contribution in [0.15, 0.2) is 67.3 Å². The second-order valence-electron chi connectivity index (χ2n) is 5.67. The number of hydrogen-bond donors (Lipinski definition) is 1. The highest BCUT2D eigenvalue weighted by Gasteiger charge is 2.11. The van der Waals surface area contributed by atoms with Crippen LogP contribution in [0.5, 0.6) is 5.75 Å². The van der Waals surface area contributed by atoms with Crippen LogP contribution in [0.4, 0.5) is 0 Å². The lowest BCUT2D eigenvalue weighted by Crippen LogP contribution is -2.14. The van der Waals surface area contributed by atoms with Crippen LogP contribution in [0.1, 0.15) is 11.1 Å². The van der Waals surface area contributed by atoms with Crippen molar-refractivity contribution in [1.29, 1.82) is 0 Å². The quantitative estimate of drug-likeness (QED) is 0.406. The van der Waals surface area contributed by atoms with Gasteiger partial charge in [0.05, 0.1) is 0 Å². The van der Waals surface area contributed by atoms with Gasteiger partial charge in [0.2, 0.25) is 0 Å². The highest BCUT2D eigenvalue weighted by Crippen LogP contribution is 2.31. The smallest absolute Gasteiger partial charge is 0.124 e. The van der Waals surface area contributed by atoms with Crippen LogP contribution in [-0.4, -0.2) is 6.54 Å². The molecule has 0 amide bonds. The molecule has 3 aromatic carbocycles. The van der Waals surface area contributed by atoms with E-state index in [0.717, 1.165) is 23.4 Å². The Morgan fingerprint density at radius 3 is 2.44 bits per heavy atom. The minimum atomic E-state index is 0.325. The summed E-state index contributed by atoms with van der Waals surface area (Å²) in [6.07, 6.45) is 1.84. The minimum absolute atomic E-state index is 0.325. The van der Waals surface area contributed by atoms with Crippen LogP contribution in [-0.2, 0) is 13.2 Å². The Balaban J connectivity index is 1.91. The van der Waals surface area contributed by atoms with Crippen LogP contribution in [0, 0.1) is 0 Å². The van der Waals surface area contributed by atoms with Crippen molar-refractivity contribution in [2.75, 3.05) is 6.54 Å². The van der Waals surface area contributed by atoms with Gasteiger partial charge in [0.1, 0.15) is 12.4 Å². The summed E-state index contributed by atoms with van der Waals surface area (Å²) in [6.45, 7) is 5.50. The number of benzene rings is 3. The monoisotopic (exact) mass is 371 g/mol. The average molecular weight is 372 g/mol. The van der Waals surface area contributed by atoms with E-state index in [1.54, 1.807) is 0 Å². The summed E-state index contributed by atoms with van der Waals surface area (Å²) in [4.78, 5) is 0. The van der Waals surface area contributed by atoms with E-state index in [2.05, 4.69) is 30.1 Å². The van der Waals surface area contributed by atoms with Gasteiger partial charge >= 0.3 is 0 Å². The molecule has 3 aromatic rings. The van der Waals surface area contributed by atoms with E-state index in [4.69, 9.17) is 27.9 Å². The summed E-state index contributed by atoms with van der Waals surface area (Å²) in [5.41, 5.74) is 1.91. The third-order valence-corrected chi connectivity index (χ3v) is 4.73. The first-order chi connectivity index (χ1) is 12.2. The molecule has 0 spiro atoms. The highest BCUT2D eigenvalue weighted by atomic mass is 35.5. The van der Waals surface area contributed by atoms with Gasteiger partial charge < -0.3 is 10.1 Å². The van der Waals surface area contributed by atoms with Crippen molar-refractivity contribution in [3.05, 3.63) is 88.4 Å². The third-order valence-electron chi connectivity index (χ3n) is 4.02. The van der Waals surface area contributed by atoms with E-state index in [1.807, 2.05) is 42.5 Å². The van der Waals surface area contributed by atoms with E-state index in [9.17, 15) is 0 Å². The lowest BCUT2D eigenvalue weighted by Gasteiger charge is -2.16. The average Bonchev–Trinajstić information content (AvgIpc) is 2.62. The molecule has 0 aliphatic rings. The molecule has 3 rings (SSSR count). The van der Waals surface area contributed by atoms with Gasteiger partial charge in [-0.1, -0.05) is 65.7 Å². The lowest BCUT2D eigenvalue weighted by molar-refractivity contribution is 0.303. The van der Waals surface area contributed by atoms with Gasteiger partial charge in [-0.05, 0) is 29.0 Å². The molecule has 128 valence electrons. The Labute approximate surface area is 158 Å². The summed E-state index contributed by atoms with van der Waals surface area (Å²) >= 11 is 12.5. The molecule has 0 saturated heterocycles. The first-order valence-corrected chi connectivity index (χ1v) is 8.84. The molecule has 0 fully saturated rings. The van der Waals surface area contributed by atoms with Crippen molar-refractivity contribution in [2.45, 2.75) is 13.2 Å². The maximum absolute atomic E-state index is 6.25. The fraction of sp³-hybridized carbons (Fsp3) is 0.143. The van der Waals surface area contributed by atoms with Crippen LogP contribution in [0.3, 0.4) is 0 Å². The van der Waals surface area contributed by atoms with Crippen LogP contribution >= 0.6 is 23.2 Å². The number of fused-ring (bicyclic) bond motifs is 1. The molecular weight excluding hydrogens is 353 g/mol. The largest absolute Gasteiger partial charge is 0.488 e. The normalized spacial score (nSPS) is 10.8. The summed E-state index contributed by atoms with van der Waals surface area (Å²) in [5, 5.41) is 6.93. The lowest BCUT2D eigenvalue weighted by atomic mass is 10.0. The van der Waals surface area contributed by atoms with Gasteiger partial charge in [-0.15, -0.1) is 6.58 Å². The van der Waals surface area contributed by atoms with E-state index in [1.165, 1.54) is 10.8 Å². The highest BCUT2D eigenvalue weighted by molar-refractivity contribution is 6.35. The summed E-state index contributed by atoms with van der Waals surface area (Å²) in [5.74, 6) is 0.825. The topological polar surface area (TPSA) is 21.3 Å². The van der Waals surface area contributed by atoms with E-state index < -0.39 is 0 Å². The second-order valence-corrected chi connectivity index (χ2v) is 6.49. The molecule has 0 aliphatic heterocycles. The fourth-order valence-corrected chi connectivity index (χ4v) is 3.26. The maximum Gasteiger partial charge on any atom is 0.124 e. The third kappa shape index (κ3) is 4.16. The van der Waals surface area contributed by atoms with Crippen molar-refractivity contribution in [3.63, 3.8) is 0 Å². The number of hydrogen-bond acceptors (Lipinski definition) is 2. The molecule has 0 aliphatic carbocycles. The predicted molar refractivity (Wildman–Crippen MR) is 107 cm³/mol. The van der Waals surface area contributed by atoms with E-state index in [0.29, 0.717) is 23.2 Å². The van der Waals surface area contributed by atoms with E-state index >= 15 is 0 Å². The Bertz CT molecular complexity index is 872. The summed E-state index contributed by atoms with van der Waals surface area (Å²) in [7, 11) is 0. The standard InChI is InChI=1S/C21H19Cl2NO/c1-2-12-24-13-17-16-7-4-3-6-15(16)10-11-21(17)25-14-18-19(22)8-5-9-20(18)23/h2-11,24H,1,12-14H2. The first-order valence-electron chi connectivity index (χ1n) is 8.08. The van der Waals surface area contributed by atoms with Crippen LogP contribution < -0.4 is 10.1 Å². The molecule has 4 heteroatoms. The Hall–Kier alpha value is -2.00. The molecule has 0 atom stereocenters. The molecule has 1 N–H and O–H groups in total. The van der Waals surface area contributed by atoms with Gasteiger partial charge in [0.15, 0.2) is 0 Å². The number of ether oxygens (including phenoxy) is 1. The maximum atomic E-state index is 6.25. The SMILES string of the molecule is C=CCNCc1c(OCc2c(Cl)cccc2Cl)ccc2ccccc12. The van der Waals surface area contributed by atoms with Gasteiger partial charge in [-0.25, -0.2) is 0 Å². The molecule has 0 bridgehead atoms. The number of rotatable bonds is 7. The number of nitrogens with one attached hydrogen (secondary N) is 1. The molecule has 0 saturated carbocycles. The van der Waals surface area contributed by atoms with Crippen molar-refractivity contribution in [2.24, 2.45) is 0 Å². The van der Waals surface area contributed by atoms with Crippen LogP contribution in [0.25, 0.3) is 10.8 Å². The van der Waals surface area contributed by atoms with Crippen LogP contribution in [0.2, 0.25) is 10.0 Å².